The number of fused-ring (bicyclic) bond motifs is 1. The Morgan fingerprint density at radius 2 is 1.40 bits per heavy atom. The van der Waals surface area contributed by atoms with Crippen LogP contribution >= 0.6 is 0 Å². The summed E-state index contributed by atoms with van der Waals surface area (Å²) in [5.74, 6) is 2.14. The fourth-order valence-electron chi connectivity index (χ4n) is 4.07. The SMILES string of the molecule is OC(c1ccc(-c2ccccc2)cc1)C1C2CCCC21. The molecule has 0 saturated heterocycles. The summed E-state index contributed by atoms with van der Waals surface area (Å²) in [7, 11) is 0. The molecule has 2 aliphatic rings. The van der Waals surface area contributed by atoms with Gasteiger partial charge in [0.2, 0.25) is 0 Å². The minimum atomic E-state index is -0.255. The molecule has 2 fully saturated rings. The number of rotatable bonds is 3. The van der Waals surface area contributed by atoms with E-state index in [9.17, 15) is 5.11 Å². The summed E-state index contributed by atoms with van der Waals surface area (Å²) in [4.78, 5) is 0. The highest BCUT2D eigenvalue weighted by Crippen LogP contribution is 2.62. The molecule has 0 aromatic heterocycles. The third-order valence-electron chi connectivity index (χ3n) is 5.20. The van der Waals surface area contributed by atoms with Crippen molar-refractivity contribution in [1.29, 1.82) is 0 Å². The standard InChI is InChI=1S/C19H20O/c20-19(18-16-7-4-8-17(16)18)15-11-9-14(10-12-15)13-5-2-1-3-6-13/h1-3,5-6,9-12,16-20H,4,7-8H2. The van der Waals surface area contributed by atoms with E-state index >= 15 is 0 Å². The zero-order valence-corrected chi connectivity index (χ0v) is 11.6. The van der Waals surface area contributed by atoms with E-state index < -0.39 is 0 Å². The smallest absolute Gasteiger partial charge is 0.0823 e. The van der Waals surface area contributed by atoms with Crippen molar-refractivity contribution in [2.75, 3.05) is 0 Å². The molecular weight excluding hydrogens is 244 g/mol. The summed E-state index contributed by atoms with van der Waals surface area (Å²) in [6.07, 6.45) is 3.77. The molecule has 4 rings (SSSR count). The first kappa shape index (κ1) is 12.2. The third-order valence-corrected chi connectivity index (χ3v) is 5.20. The zero-order chi connectivity index (χ0) is 13.5. The van der Waals surface area contributed by atoms with Gasteiger partial charge in [0, 0.05) is 0 Å². The number of aliphatic hydroxyl groups is 1. The van der Waals surface area contributed by atoms with Gasteiger partial charge < -0.3 is 5.11 Å². The molecule has 0 bridgehead atoms. The summed E-state index contributed by atoms with van der Waals surface area (Å²) in [5.41, 5.74) is 3.54. The Bertz CT molecular complexity index is 577. The van der Waals surface area contributed by atoms with E-state index in [1.807, 2.05) is 6.07 Å². The Balaban J connectivity index is 1.53. The summed E-state index contributed by atoms with van der Waals surface area (Å²) < 4.78 is 0. The van der Waals surface area contributed by atoms with Gasteiger partial charge in [-0.05, 0) is 47.3 Å². The van der Waals surface area contributed by atoms with Crippen LogP contribution in [0.4, 0.5) is 0 Å². The van der Waals surface area contributed by atoms with Gasteiger partial charge in [-0.3, -0.25) is 0 Å². The zero-order valence-electron chi connectivity index (χ0n) is 11.6. The monoisotopic (exact) mass is 264 g/mol. The van der Waals surface area contributed by atoms with Gasteiger partial charge in [0.05, 0.1) is 6.10 Å². The van der Waals surface area contributed by atoms with Gasteiger partial charge in [-0.1, -0.05) is 61.0 Å². The van der Waals surface area contributed by atoms with E-state index in [-0.39, 0.29) is 6.10 Å². The van der Waals surface area contributed by atoms with Gasteiger partial charge in [0.15, 0.2) is 0 Å². The molecule has 0 radical (unpaired) electrons. The minimum Gasteiger partial charge on any atom is -0.388 e. The highest BCUT2D eigenvalue weighted by Gasteiger charge is 2.55. The first-order valence-electron chi connectivity index (χ1n) is 7.68. The second kappa shape index (κ2) is 4.75. The molecule has 1 nitrogen and oxygen atoms in total. The summed E-state index contributed by atoms with van der Waals surface area (Å²) in [6, 6.07) is 18.9. The Morgan fingerprint density at radius 3 is 2.05 bits per heavy atom. The second-order valence-electron chi connectivity index (χ2n) is 6.27. The van der Waals surface area contributed by atoms with Gasteiger partial charge in [-0.2, -0.15) is 0 Å². The van der Waals surface area contributed by atoms with Crippen LogP contribution in [0.2, 0.25) is 0 Å². The van der Waals surface area contributed by atoms with Crippen LogP contribution in [0.15, 0.2) is 54.6 Å². The average molecular weight is 264 g/mol. The van der Waals surface area contributed by atoms with Gasteiger partial charge in [0.1, 0.15) is 0 Å². The highest BCUT2D eigenvalue weighted by molar-refractivity contribution is 5.63. The maximum absolute atomic E-state index is 10.5. The van der Waals surface area contributed by atoms with Crippen molar-refractivity contribution in [1.82, 2.24) is 0 Å². The molecule has 0 aliphatic heterocycles. The highest BCUT2D eigenvalue weighted by atomic mass is 16.3. The van der Waals surface area contributed by atoms with Crippen LogP contribution in [0, 0.1) is 17.8 Å². The van der Waals surface area contributed by atoms with Crippen LogP contribution in [0.25, 0.3) is 11.1 Å². The van der Waals surface area contributed by atoms with Crippen LogP contribution < -0.4 is 0 Å². The number of hydrogen-bond donors (Lipinski definition) is 1. The van der Waals surface area contributed by atoms with Crippen molar-refractivity contribution in [2.24, 2.45) is 17.8 Å². The molecule has 0 amide bonds. The van der Waals surface area contributed by atoms with E-state index in [0.717, 1.165) is 17.4 Å². The Hall–Kier alpha value is -1.60. The van der Waals surface area contributed by atoms with E-state index in [2.05, 4.69) is 48.5 Å². The van der Waals surface area contributed by atoms with Crippen molar-refractivity contribution >= 4 is 0 Å². The number of hydrogen-bond acceptors (Lipinski definition) is 1. The predicted molar refractivity (Wildman–Crippen MR) is 81.2 cm³/mol. The predicted octanol–water partition coefficient (Wildman–Crippen LogP) is 4.43. The number of aliphatic hydroxyl groups excluding tert-OH is 1. The van der Waals surface area contributed by atoms with Gasteiger partial charge >= 0.3 is 0 Å². The van der Waals surface area contributed by atoms with Crippen molar-refractivity contribution in [3.05, 3.63) is 60.2 Å². The Labute approximate surface area is 120 Å². The van der Waals surface area contributed by atoms with Crippen LogP contribution in [0.1, 0.15) is 30.9 Å². The molecule has 102 valence electrons. The largest absolute Gasteiger partial charge is 0.388 e. The lowest BCUT2D eigenvalue weighted by atomic mass is 9.97. The normalized spacial score (nSPS) is 28.9. The molecular formula is C19H20O. The molecule has 0 heterocycles. The molecule has 1 heteroatoms. The molecule has 20 heavy (non-hydrogen) atoms. The lowest BCUT2D eigenvalue weighted by Crippen LogP contribution is -2.04. The molecule has 1 N–H and O–H groups in total. The maximum atomic E-state index is 10.5. The first-order chi connectivity index (χ1) is 9.84. The topological polar surface area (TPSA) is 20.2 Å². The van der Waals surface area contributed by atoms with Gasteiger partial charge in [-0.15, -0.1) is 0 Å². The Morgan fingerprint density at radius 1 is 0.800 bits per heavy atom. The maximum Gasteiger partial charge on any atom is 0.0823 e. The van der Waals surface area contributed by atoms with Crippen molar-refractivity contribution in [3.8, 4) is 11.1 Å². The summed E-state index contributed by atoms with van der Waals surface area (Å²) in [6.45, 7) is 0. The Kier molecular flexibility index (Phi) is 2.89. The summed E-state index contributed by atoms with van der Waals surface area (Å²) in [5, 5.41) is 10.5. The van der Waals surface area contributed by atoms with Crippen molar-refractivity contribution in [3.63, 3.8) is 0 Å². The van der Waals surface area contributed by atoms with E-state index in [1.54, 1.807) is 0 Å². The molecule has 2 aromatic rings. The quantitative estimate of drug-likeness (QED) is 0.869. The van der Waals surface area contributed by atoms with Gasteiger partial charge in [0.25, 0.3) is 0 Å². The van der Waals surface area contributed by atoms with E-state index in [0.29, 0.717) is 5.92 Å². The van der Waals surface area contributed by atoms with E-state index in [1.165, 1.54) is 30.4 Å². The molecule has 2 aromatic carbocycles. The third kappa shape index (κ3) is 1.97. The lowest BCUT2D eigenvalue weighted by Gasteiger charge is -2.13. The molecule has 2 aliphatic carbocycles. The molecule has 3 unspecified atom stereocenters. The van der Waals surface area contributed by atoms with Crippen molar-refractivity contribution in [2.45, 2.75) is 25.4 Å². The van der Waals surface area contributed by atoms with Gasteiger partial charge in [-0.25, -0.2) is 0 Å². The second-order valence-corrected chi connectivity index (χ2v) is 6.27. The average Bonchev–Trinajstić information content (AvgIpc) is 2.99. The van der Waals surface area contributed by atoms with Crippen molar-refractivity contribution < 1.29 is 5.11 Å². The van der Waals surface area contributed by atoms with E-state index in [4.69, 9.17) is 0 Å². The first-order valence-corrected chi connectivity index (χ1v) is 7.68. The van der Waals surface area contributed by atoms with Crippen LogP contribution in [-0.4, -0.2) is 5.11 Å². The minimum absolute atomic E-state index is 0.255. The fraction of sp³-hybridized carbons (Fsp3) is 0.368. The molecule has 3 atom stereocenters. The fourth-order valence-corrected chi connectivity index (χ4v) is 4.07. The number of benzene rings is 2. The van der Waals surface area contributed by atoms with Crippen LogP contribution in [0.5, 0.6) is 0 Å². The molecule has 0 spiro atoms. The summed E-state index contributed by atoms with van der Waals surface area (Å²) >= 11 is 0. The lowest BCUT2D eigenvalue weighted by molar-refractivity contribution is 0.137. The van der Waals surface area contributed by atoms with Crippen LogP contribution in [0.3, 0.4) is 0 Å². The molecule has 2 saturated carbocycles. The van der Waals surface area contributed by atoms with Crippen LogP contribution in [-0.2, 0) is 0 Å².